The number of nitrogens with one attached hydrogen (secondary N) is 2. The van der Waals surface area contributed by atoms with E-state index in [2.05, 4.69) is 17.6 Å². The van der Waals surface area contributed by atoms with Gasteiger partial charge in [-0.1, -0.05) is 13.0 Å². The first-order chi connectivity index (χ1) is 9.50. The van der Waals surface area contributed by atoms with Crippen molar-refractivity contribution in [3.8, 4) is 0 Å². The molecule has 5 heteroatoms. The van der Waals surface area contributed by atoms with Crippen molar-refractivity contribution in [3.05, 3.63) is 35.4 Å². The Kier molecular flexibility index (Phi) is 4.70. The summed E-state index contributed by atoms with van der Waals surface area (Å²) in [7, 11) is 0. The zero-order chi connectivity index (χ0) is 14.6. The average molecular weight is 282 g/mol. The molecule has 0 bridgehead atoms. The molecule has 2 N–H and O–H groups in total. The SMILES string of the molecule is CC1(CNC(=O)Cc2c(F)cccc2F)CCNCC1. The van der Waals surface area contributed by atoms with Crippen molar-refractivity contribution in [3.63, 3.8) is 0 Å². The summed E-state index contributed by atoms with van der Waals surface area (Å²) in [5.74, 6) is -1.68. The molecule has 0 aromatic heterocycles. The summed E-state index contributed by atoms with van der Waals surface area (Å²) < 4.78 is 26.9. The molecule has 2 rings (SSSR count). The topological polar surface area (TPSA) is 41.1 Å². The van der Waals surface area contributed by atoms with Crippen LogP contribution in [0.15, 0.2) is 18.2 Å². The van der Waals surface area contributed by atoms with E-state index in [1.54, 1.807) is 0 Å². The van der Waals surface area contributed by atoms with E-state index < -0.39 is 11.6 Å². The van der Waals surface area contributed by atoms with Gasteiger partial charge in [0.15, 0.2) is 0 Å². The van der Waals surface area contributed by atoms with Crippen LogP contribution in [0, 0.1) is 17.0 Å². The van der Waals surface area contributed by atoms with Crippen molar-refractivity contribution in [2.24, 2.45) is 5.41 Å². The molecule has 20 heavy (non-hydrogen) atoms. The van der Waals surface area contributed by atoms with Gasteiger partial charge >= 0.3 is 0 Å². The van der Waals surface area contributed by atoms with E-state index >= 15 is 0 Å². The number of carbonyl (C=O) groups is 1. The van der Waals surface area contributed by atoms with Crippen LogP contribution in [0.4, 0.5) is 8.78 Å². The quantitative estimate of drug-likeness (QED) is 0.887. The van der Waals surface area contributed by atoms with Crippen molar-refractivity contribution in [1.29, 1.82) is 0 Å². The maximum absolute atomic E-state index is 13.5. The number of halogens is 2. The molecule has 0 unspecified atom stereocenters. The van der Waals surface area contributed by atoms with Gasteiger partial charge in [-0.3, -0.25) is 4.79 Å². The lowest BCUT2D eigenvalue weighted by Crippen LogP contribution is -2.43. The van der Waals surface area contributed by atoms with Crippen molar-refractivity contribution in [2.75, 3.05) is 19.6 Å². The number of amides is 1. The van der Waals surface area contributed by atoms with Gasteiger partial charge in [0, 0.05) is 12.1 Å². The van der Waals surface area contributed by atoms with Crippen LogP contribution in [0.2, 0.25) is 0 Å². The zero-order valence-corrected chi connectivity index (χ0v) is 11.6. The molecule has 1 aromatic carbocycles. The van der Waals surface area contributed by atoms with Crippen molar-refractivity contribution < 1.29 is 13.6 Å². The first-order valence-corrected chi connectivity index (χ1v) is 6.90. The Morgan fingerprint density at radius 1 is 1.30 bits per heavy atom. The number of rotatable bonds is 4. The van der Waals surface area contributed by atoms with E-state index in [1.165, 1.54) is 18.2 Å². The lowest BCUT2D eigenvalue weighted by atomic mass is 9.81. The van der Waals surface area contributed by atoms with E-state index in [4.69, 9.17) is 0 Å². The van der Waals surface area contributed by atoms with E-state index in [0.717, 1.165) is 25.9 Å². The third-order valence-electron chi connectivity index (χ3n) is 3.92. The van der Waals surface area contributed by atoms with Crippen LogP contribution in [0.1, 0.15) is 25.3 Å². The Morgan fingerprint density at radius 3 is 2.50 bits per heavy atom. The van der Waals surface area contributed by atoms with Gasteiger partial charge in [-0.25, -0.2) is 8.78 Å². The third kappa shape index (κ3) is 3.76. The summed E-state index contributed by atoms with van der Waals surface area (Å²) in [4.78, 5) is 11.8. The Balaban J connectivity index is 1.89. The predicted molar refractivity (Wildman–Crippen MR) is 73.3 cm³/mol. The van der Waals surface area contributed by atoms with Gasteiger partial charge in [0.1, 0.15) is 11.6 Å². The maximum atomic E-state index is 13.5. The fourth-order valence-electron chi connectivity index (χ4n) is 2.44. The van der Waals surface area contributed by atoms with Crippen molar-refractivity contribution >= 4 is 5.91 Å². The fourth-order valence-corrected chi connectivity index (χ4v) is 2.44. The smallest absolute Gasteiger partial charge is 0.224 e. The summed E-state index contributed by atoms with van der Waals surface area (Å²) in [6, 6.07) is 3.63. The lowest BCUT2D eigenvalue weighted by Gasteiger charge is -2.34. The molecule has 0 atom stereocenters. The van der Waals surface area contributed by atoms with Gasteiger partial charge in [0.2, 0.25) is 5.91 Å². The highest BCUT2D eigenvalue weighted by Crippen LogP contribution is 2.26. The standard InChI is InChI=1S/C15H20F2N2O/c1-15(5-7-18-8-6-15)10-19-14(20)9-11-12(16)3-2-4-13(11)17/h2-4,18H,5-10H2,1H3,(H,19,20). The van der Waals surface area contributed by atoms with Crippen LogP contribution in [0.25, 0.3) is 0 Å². The summed E-state index contributed by atoms with van der Waals surface area (Å²) in [5.41, 5.74) is -0.102. The Bertz CT molecular complexity index is 465. The summed E-state index contributed by atoms with van der Waals surface area (Å²) >= 11 is 0. The molecule has 1 heterocycles. The molecule has 1 fully saturated rings. The lowest BCUT2D eigenvalue weighted by molar-refractivity contribution is -0.121. The molecule has 0 aliphatic carbocycles. The molecule has 1 aromatic rings. The van der Waals surface area contributed by atoms with E-state index in [9.17, 15) is 13.6 Å². The van der Waals surface area contributed by atoms with E-state index in [0.29, 0.717) is 6.54 Å². The second-order valence-corrected chi connectivity index (χ2v) is 5.71. The van der Waals surface area contributed by atoms with Crippen LogP contribution >= 0.6 is 0 Å². The minimum atomic E-state index is -0.673. The maximum Gasteiger partial charge on any atom is 0.224 e. The number of hydrogen-bond acceptors (Lipinski definition) is 2. The predicted octanol–water partition coefficient (Wildman–Crippen LogP) is 2.01. The van der Waals surface area contributed by atoms with Gasteiger partial charge < -0.3 is 10.6 Å². The number of hydrogen-bond donors (Lipinski definition) is 2. The van der Waals surface area contributed by atoms with Crippen LogP contribution < -0.4 is 10.6 Å². The van der Waals surface area contributed by atoms with E-state index in [1.807, 2.05) is 0 Å². The molecule has 110 valence electrons. The molecule has 0 spiro atoms. The average Bonchev–Trinajstić information content (AvgIpc) is 2.42. The second kappa shape index (κ2) is 6.31. The Morgan fingerprint density at radius 2 is 1.90 bits per heavy atom. The summed E-state index contributed by atoms with van der Waals surface area (Å²) in [5, 5.41) is 6.07. The zero-order valence-electron chi connectivity index (χ0n) is 11.6. The summed E-state index contributed by atoms with van der Waals surface area (Å²) in [6.45, 7) is 4.55. The molecule has 1 aliphatic heterocycles. The summed E-state index contributed by atoms with van der Waals surface area (Å²) in [6.07, 6.45) is 1.72. The molecule has 1 saturated heterocycles. The number of carbonyl (C=O) groups excluding carboxylic acids is 1. The van der Waals surface area contributed by atoms with Crippen molar-refractivity contribution in [1.82, 2.24) is 10.6 Å². The first-order valence-electron chi connectivity index (χ1n) is 6.90. The molecular weight excluding hydrogens is 262 g/mol. The fraction of sp³-hybridized carbons (Fsp3) is 0.533. The molecule has 1 amide bonds. The minimum Gasteiger partial charge on any atom is -0.355 e. The number of benzene rings is 1. The van der Waals surface area contributed by atoms with Crippen LogP contribution in [0.3, 0.4) is 0 Å². The van der Waals surface area contributed by atoms with E-state index in [-0.39, 0.29) is 23.3 Å². The van der Waals surface area contributed by atoms with Gasteiger partial charge in [0.05, 0.1) is 6.42 Å². The normalized spacial score (nSPS) is 17.8. The highest BCUT2D eigenvalue weighted by molar-refractivity contribution is 5.78. The van der Waals surface area contributed by atoms with Crippen LogP contribution in [-0.4, -0.2) is 25.5 Å². The number of piperidine rings is 1. The molecule has 1 aliphatic rings. The molecule has 0 radical (unpaired) electrons. The van der Waals surface area contributed by atoms with Crippen LogP contribution in [-0.2, 0) is 11.2 Å². The van der Waals surface area contributed by atoms with Gasteiger partial charge in [-0.15, -0.1) is 0 Å². The Hall–Kier alpha value is -1.49. The molecule has 3 nitrogen and oxygen atoms in total. The van der Waals surface area contributed by atoms with Gasteiger partial charge in [-0.2, -0.15) is 0 Å². The second-order valence-electron chi connectivity index (χ2n) is 5.71. The highest BCUT2D eigenvalue weighted by atomic mass is 19.1. The van der Waals surface area contributed by atoms with Gasteiger partial charge in [0.25, 0.3) is 0 Å². The van der Waals surface area contributed by atoms with Crippen molar-refractivity contribution in [2.45, 2.75) is 26.2 Å². The van der Waals surface area contributed by atoms with Crippen LogP contribution in [0.5, 0.6) is 0 Å². The highest BCUT2D eigenvalue weighted by Gasteiger charge is 2.27. The molecular formula is C15H20F2N2O. The Labute approximate surface area is 117 Å². The first kappa shape index (κ1) is 14.9. The monoisotopic (exact) mass is 282 g/mol. The van der Waals surface area contributed by atoms with Gasteiger partial charge in [-0.05, 0) is 43.5 Å². The molecule has 0 saturated carbocycles. The third-order valence-corrected chi connectivity index (χ3v) is 3.92. The largest absolute Gasteiger partial charge is 0.355 e. The minimum absolute atomic E-state index is 0.0642.